The molecular formula is C16H14F2N2O. The van der Waals surface area contributed by atoms with E-state index in [0.717, 1.165) is 5.56 Å². The Kier molecular flexibility index (Phi) is 3.12. The van der Waals surface area contributed by atoms with Crippen LogP contribution >= 0.6 is 0 Å². The number of amides is 1. The number of nitrogen functional groups attached to an aromatic ring is 1. The number of aryl methyl sites for hydroxylation is 1. The molecule has 0 radical (unpaired) electrons. The fraction of sp³-hybridized carbons (Fsp3) is 0.188. The molecule has 2 aromatic rings. The highest BCUT2D eigenvalue weighted by molar-refractivity contribution is 6.08. The standard InChI is InChI=1S/C16H14F2N2O/c1-9-6-12(19)8-13(15(9)18)16(21)20-5-4-10-2-3-11(17)7-14(10)20/h2-3,6-8H,4-5,19H2,1H3. The number of carbonyl (C=O) groups is 1. The third kappa shape index (κ3) is 2.24. The number of halogens is 2. The third-order valence-corrected chi connectivity index (χ3v) is 3.70. The van der Waals surface area contributed by atoms with Crippen molar-refractivity contribution in [2.45, 2.75) is 13.3 Å². The first-order valence-electron chi connectivity index (χ1n) is 6.63. The maximum atomic E-state index is 14.2. The summed E-state index contributed by atoms with van der Waals surface area (Å²) in [5.74, 6) is -1.50. The van der Waals surface area contributed by atoms with Crippen LogP contribution in [0.1, 0.15) is 21.5 Å². The molecule has 3 rings (SSSR count). The Balaban J connectivity index is 2.04. The van der Waals surface area contributed by atoms with Gasteiger partial charge in [-0.25, -0.2) is 8.78 Å². The van der Waals surface area contributed by atoms with E-state index in [0.29, 0.717) is 29.9 Å². The lowest BCUT2D eigenvalue weighted by Gasteiger charge is -2.18. The highest BCUT2D eigenvalue weighted by Gasteiger charge is 2.28. The average molecular weight is 288 g/mol. The number of carbonyl (C=O) groups excluding carboxylic acids is 1. The number of anilines is 2. The lowest BCUT2D eigenvalue weighted by molar-refractivity contribution is 0.0985. The normalized spacial score (nSPS) is 13.4. The molecule has 0 saturated heterocycles. The van der Waals surface area contributed by atoms with Crippen LogP contribution in [0, 0.1) is 18.6 Å². The highest BCUT2D eigenvalue weighted by atomic mass is 19.1. The van der Waals surface area contributed by atoms with Crippen molar-refractivity contribution in [3.63, 3.8) is 0 Å². The fourth-order valence-corrected chi connectivity index (χ4v) is 2.66. The molecule has 1 aliphatic rings. The number of hydrogen-bond acceptors (Lipinski definition) is 2. The summed E-state index contributed by atoms with van der Waals surface area (Å²) in [6.07, 6.45) is 0.629. The molecule has 0 saturated carbocycles. The van der Waals surface area contributed by atoms with Gasteiger partial charge >= 0.3 is 0 Å². The van der Waals surface area contributed by atoms with Crippen molar-refractivity contribution in [2.24, 2.45) is 0 Å². The molecule has 2 aromatic carbocycles. The Morgan fingerprint density at radius 1 is 1.24 bits per heavy atom. The van der Waals surface area contributed by atoms with Crippen molar-refractivity contribution in [3.05, 3.63) is 58.7 Å². The summed E-state index contributed by atoms with van der Waals surface area (Å²) in [4.78, 5) is 14.0. The highest BCUT2D eigenvalue weighted by Crippen LogP contribution is 2.31. The topological polar surface area (TPSA) is 46.3 Å². The largest absolute Gasteiger partial charge is 0.399 e. The molecule has 2 N–H and O–H groups in total. The second-order valence-corrected chi connectivity index (χ2v) is 5.18. The minimum Gasteiger partial charge on any atom is -0.399 e. The Morgan fingerprint density at radius 2 is 2.00 bits per heavy atom. The average Bonchev–Trinajstić information content (AvgIpc) is 2.85. The molecule has 5 heteroatoms. The maximum absolute atomic E-state index is 14.2. The Morgan fingerprint density at radius 3 is 2.76 bits per heavy atom. The van der Waals surface area contributed by atoms with Gasteiger partial charge in [0.2, 0.25) is 0 Å². The number of hydrogen-bond donors (Lipinski definition) is 1. The van der Waals surface area contributed by atoms with E-state index in [1.54, 1.807) is 13.0 Å². The van der Waals surface area contributed by atoms with E-state index >= 15 is 0 Å². The first-order valence-corrected chi connectivity index (χ1v) is 6.63. The van der Waals surface area contributed by atoms with Crippen LogP contribution in [0.25, 0.3) is 0 Å². The summed E-state index contributed by atoms with van der Waals surface area (Å²) in [7, 11) is 0. The van der Waals surface area contributed by atoms with Crippen LogP contribution in [0.2, 0.25) is 0 Å². The second kappa shape index (κ2) is 4.84. The van der Waals surface area contributed by atoms with Crippen molar-refractivity contribution in [1.29, 1.82) is 0 Å². The summed E-state index contributed by atoms with van der Waals surface area (Å²) in [5, 5.41) is 0. The Labute approximate surface area is 121 Å². The van der Waals surface area contributed by atoms with Gasteiger partial charge in [0.15, 0.2) is 0 Å². The second-order valence-electron chi connectivity index (χ2n) is 5.18. The summed E-state index contributed by atoms with van der Waals surface area (Å²) in [5.41, 5.74) is 7.63. The minimum absolute atomic E-state index is 0.0791. The van der Waals surface area contributed by atoms with Gasteiger partial charge < -0.3 is 10.6 Å². The van der Waals surface area contributed by atoms with Gasteiger partial charge in [0.1, 0.15) is 11.6 Å². The molecule has 1 amide bonds. The molecular weight excluding hydrogens is 274 g/mol. The van der Waals surface area contributed by atoms with E-state index in [1.807, 2.05) is 0 Å². The molecule has 1 aliphatic heterocycles. The zero-order chi connectivity index (χ0) is 15.1. The number of nitrogens with zero attached hydrogens (tertiary/aromatic N) is 1. The first kappa shape index (κ1) is 13.5. The molecule has 21 heavy (non-hydrogen) atoms. The van der Waals surface area contributed by atoms with Gasteiger partial charge in [0.25, 0.3) is 5.91 Å². The predicted octanol–water partition coefficient (Wildman–Crippen LogP) is 3.06. The van der Waals surface area contributed by atoms with Gasteiger partial charge in [-0.3, -0.25) is 4.79 Å². The van der Waals surface area contributed by atoms with Gasteiger partial charge in [0, 0.05) is 12.2 Å². The van der Waals surface area contributed by atoms with Crippen LogP contribution in [-0.2, 0) is 6.42 Å². The molecule has 1 heterocycles. The number of nitrogens with two attached hydrogens (primary N) is 1. The van der Waals surface area contributed by atoms with E-state index in [-0.39, 0.29) is 5.56 Å². The van der Waals surface area contributed by atoms with Crippen molar-refractivity contribution in [2.75, 3.05) is 17.2 Å². The predicted molar refractivity (Wildman–Crippen MR) is 77.3 cm³/mol. The molecule has 108 valence electrons. The van der Waals surface area contributed by atoms with Gasteiger partial charge in [-0.1, -0.05) is 6.07 Å². The smallest absolute Gasteiger partial charge is 0.261 e. The monoisotopic (exact) mass is 288 g/mol. The molecule has 3 nitrogen and oxygen atoms in total. The van der Waals surface area contributed by atoms with E-state index in [9.17, 15) is 13.6 Å². The number of benzene rings is 2. The van der Waals surface area contributed by atoms with E-state index < -0.39 is 17.5 Å². The fourth-order valence-electron chi connectivity index (χ4n) is 2.66. The molecule has 0 fully saturated rings. The van der Waals surface area contributed by atoms with Gasteiger partial charge in [0.05, 0.1) is 11.3 Å². The minimum atomic E-state index is -0.584. The quantitative estimate of drug-likeness (QED) is 0.820. The summed E-state index contributed by atoms with van der Waals surface area (Å²) in [6, 6.07) is 7.11. The zero-order valence-electron chi connectivity index (χ0n) is 11.5. The van der Waals surface area contributed by atoms with E-state index in [4.69, 9.17) is 5.73 Å². The van der Waals surface area contributed by atoms with Crippen molar-refractivity contribution >= 4 is 17.3 Å². The first-order chi connectivity index (χ1) is 9.97. The van der Waals surface area contributed by atoms with Crippen molar-refractivity contribution < 1.29 is 13.6 Å². The summed E-state index contributed by atoms with van der Waals surface area (Å²) < 4.78 is 27.5. The van der Waals surface area contributed by atoms with Gasteiger partial charge in [-0.15, -0.1) is 0 Å². The van der Waals surface area contributed by atoms with Crippen molar-refractivity contribution in [1.82, 2.24) is 0 Å². The van der Waals surface area contributed by atoms with E-state index in [2.05, 4.69) is 0 Å². The van der Waals surface area contributed by atoms with E-state index in [1.165, 1.54) is 29.2 Å². The molecule has 0 aromatic heterocycles. The lowest BCUT2D eigenvalue weighted by atomic mass is 10.1. The van der Waals surface area contributed by atoms with Crippen LogP contribution < -0.4 is 10.6 Å². The molecule has 0 atom stereocenters. The number of fused-ring (bicyclic) bond motifs is 1. The lowest BCUT2D eigenvalue weighted by Crippen LogP contribution is -2.30. The van der Waals surface area contributed by atoms with Gasteiger partial charge in [-0.05, 0) is 48.7 Å². The Bertz CT molecular complexity index is 743. The maximum Gasteiger partial charge on any atom is 0.261 e. The van der Waals surface area contributed by atoms with Crippen LogP contribution in [-0.4, -0.2) is 12.5 Å². The SMILES string of the molecule is Cc1cc(N)cc(C(=O)N2CCc3ccc(F)cc32)c1F. The van der Waals surface area contributed by atoms with Crippen molar-refractivity contribution in [3.8, 4) is 0 Å². The number of rotatable bonds is 1. The Hall–Kier alpha value is -2.43. The molecule has 0 aliphatic carbocycles. The zero-order valence-corrected chi connectivity index (χ0v) is 11.5. The third-order valence-electron chi connectivity index (χ3n) is 3.70. The summed E-state index contributed by atoms with van der Waals surface area (Å²) >= 11 is 0. The van der Waals surface area contributed by atoms with Crippen LogP contribution in [0.15, 0.2) is 30.3 Å². The molecule has 0 spiro atoms. The van der Waals surface area contributed by atoms with Gasteiger partial charge in [-0.2, -0.15) is 0 Å². The summed E-state index contributed by atoms with van der Waals surface area (Å²) in [6.45, 7) is 1.96. The molecule has 0 unspecified atom stereocenters. The van der Waals surface area contributed by atoms with Crippen LogP contribution in [0.4, 0.5) is 20.2 Å². The molecule has 0 bridgehead atoms. The van der Waals surface area contributed by atoms with Crippen LogP contribution in [0.3, 0.4) is 0 Å². The van der Waals surface area contributed by atoms with Crippen LogP contribution in [0.5, 0.6) is 0 Å².